The van der Waals surface area contributed by atoms with Crippen LogP contribution in [0.3, 0.4) is 0 Å². The van der Waals surface area contributed by atoms with Crippen molar-refractivity contribution in [3.05, 3.63) is 0 Å². The van der Waals surface area contributed by atoms with Gasteiger partial charge in [0.25, 0.3) is 0 Å². The molecule has 3 unspecified atom stereocenters. The van der Waals surface area contributed by atoms with E-state index in [1.807, 2.05) is 20.8 Å². The highest BCUT2D eigenvalue weighted by Crippen LogP contribution is 2.39. The minimum atomic E-state index is -0.793. The molecule has 0 aromatic heterocycles. The highest BCUT2D eigenvalue weighted by molar-refractivity contribution is 5.84. The monoisotopic (exact) mass is 284 g/mol. The van der Waals surface area contributed by atoms with Gasteiger partial charge in [0.1, 0.15) is 5.54 Å². The fourth-order valence-corrected chi connectivity index (χ4v) is 3.49. The molecule has 0 radical (unpaired) electrons. The Balaban J connectivity index is 2.61. The van der Waals surface area contributed by atoms with Crippen molar-refractivity contribution in [2.75, 3.05) is 6.61 Å². The number of ether oxygens (including phenoxy) is 1. The van der Waals surface area contributed by atoms with Crippen LogP contribution in [0.25, 0.3) is 0 Å². The average Bonchev–Trinajstić information content (AvgIpc) is 2.22. The SMILES string of the molecule is CC1CC(OCC(C)(NC(C)C)C(N)=O)CC(C)(C)C1. The molecule has 1 aliphatic carbocycles. The predicted molar refractivity (Wildman–Crippen MR) is 82.4 cm³/mol. The zero-order valence-corrected chi connectivity index (χ0v) is 14.0. The van der Waals surface area contributed by atoms with Gasteiger partial charge >= 0.3 is 0 Å². The van der Waals surface area contributed by atoms with Crippen LogP contribution in [0.15, 0.2) is 0 Å². The molecule has 0 spiro atoms. The lowest BCUT2D eigenvalue weighted by molar-refractivity contribution is -0.129. The molecule has 4 nitrogen and oxygen atoms in total. The molecule has 0 aromatic rings. The first-order valence-corrected chi connectivity index (χ1v) is 7.73. The van der Waals surface area contributed by atoms with Gasteiger partial charge in [-0.3, -0.25) is 10.1 Å². The number of carbonyl (C=O) groups excluding carboxylic acids is 1. The number of carbonyl (C=O) groups is 1. The third-order valence-corrected chi connectivity index (χ3v) is 4.11. The van der Waals surface area contributed by atoms with Crippen molar-refractivity contribution in [2.45, 2.75) is 78.5 Å². The van der Waals surface area contributed by atoms with Crippen molar-refractivity contribution >= 4 is 5.91 Å². The van der Waals surface area contributed by atoms with E-state index in [-0.39, 0.29) is 18.1 Å². The Bertz CT molecular complexity index is 341. The highest BCUT2D eigenvalue weighted by atomic mass is 16.5. The molecule has 20 heavy (non-hydrogen) atoms. The molecule has 0 aliphatic heterocycles. The normalized spacial score (nSPS) is 29.1. The van der Waals surface area contributed by atoms with Crippen LogP contribution >= 0.6 is 0 Å². The summed E-state index contributed by atoms with van der Waals surface area (Å²) < 4.78 is 6.05. The molecule has 118 valence electrons. The van der Waals surface area contributed by atoms with Crippen molar-refractivity contribution in [1.29, 1.82) is 0 Å². The lowest BCUT2D eigenvalue weighted by atomic mass is 9.71. The number of amides is 1. The minimum absolute atomic E-state index is 0.192. The molecular formula is C16H32N2O2. The fourth-order valence-electron chi connectivity index (χ4n) is 3.49. The molecule has 0 saturated heterocycles. The summed E-state index contributed by atoms with van der Waals surface area (Å²) in [6.45, 7) is 13.0. The maximum atomic E-state index is 11.7. The highest BCUT2D eigenvalue weighted by Gasteiger charge is 2.36. The van der Waals surface area contributed by atoms with E-state index in [0.717, 1.165) is 12.8 Å². The summed E-state index contributed by atoms with van der Waals surface area (Å²) in [5.41, 5.74) is 5.06. The maximum Gasteiger partial charge on any atom is 0.239 e. The van der Waals surface area contributed by atoms with Gasteiger partial charge in [0, 0.05) is 6.04 Å². The molecule has 0 aromatic carbocycles. The summed E-state index contributed by atoms with van der Waals surface area (Å²) in [6.07, 6.45) is 3.58. The summed E-state index contributed by atoms with van der Waals surface area (Å²) in [5, 5.41) is 3.23. The van der Waals surface area contributed by atoms with E-state index >= 15 is 0 Å². The van der Waals surface area contributed by atoms with E-state index in [9.17, 15) is 4.79 Å². The maximum absolute atomic E-state index is 11.7. The van der Waals surface area contributed by atoms with Crippen molar-refractivity contribution in [1.82, 2.24) is 5.32 Å². The quantitative estimate of drug-likeness (QED) is 0.787. The van der Waals surface area contributed by atoms with Crippen LogP contribution in [-0.4, -0.2) is 30.2 Å². The molecule has 0 bridgehead atoms. The number of nitrogens with one attached hydrogen (secondary N) is 1. The van der Waals surface area contributed by atoms with Gasteiger partial charge in [0.2, 0.25) is 5.91 Å². The van der Waals surface area contributed by atoms with E-state index in [2.05, 4.69) is 26.1 Å². The van der Waals surface area contributed by atoms with Gasteiger partial charge in [-0.05, 0) is 51.4 Å². The van der Waals surface area contributed by atoms with Crippen LogP contribution in [0.5, 0.6) is 0 Å². The van der Waals surface area contributed by atoms with Gasteiger partial charge < -0.3 is 10.5 Å². The van der Waals surface area contributed by atoms with E-state index in [0.29, 0.717) is 17.9 Å². The van der Waals surface area contributed by atoms with E-state index in [1.54, 1.807) is 0 Å². The summed E-state index contributed by atoms with van der Waals surface area (Å²) in [7, 11) is 0. The molecule has 3 N–H and O–H groups in total. The predicted octanol–water partition coefficient (Wildman–Crippen LogP) is 2.46. The summed E-state index contributed by atoms with van der Waals surface area (Å²) in [6, 6.07) is 0.192. The van der Waals surface area contributed by atoms with E-state index in [1.165, 1.54) is 6.42 Å². The van der Waals surface area contributed by atoms with Crippen LogP contribution < -0.4 is 11.1 Å². The summed E-state index contributed by atoms with van der Waals surface area (Å²) in [4.78, 5) is 11.7. The lowest BCUT2D eigenvalue weighted by Gasteiger charge is -2.40. The third-order valence-electron chi connectivity index (χ3n) is 4.11. The molecule has 1 amide bonds. The van der Waals surface area contributed by atoms with Crippen LogP contribution in [0.1, 0.15) is 60.8 Å². The Morgan fingerprint density at radius 1 is 1.45 bits per heavy atom. The topological polar surface area (TPSA) is 64.3 Å². The molecular weight excluding hydrogens is 252 g/mol. The number of hydrogen-bond acceptors (Lipinski definition) is 3. The van der Waals surface area contributed by atoms with Gasteiger partial charge in [0.05, 0.1) is 12.7 Å². The van der Waals surface area contributed by atoms with E-state index < -0.39 is 5.54 Å². The van der Waals surface area contributed by atoms with Crippen LogP contribution in [-0.2, 0) is 9.53 Å². The Morgan fingerprint density at radius 2 is 2.05 bits per heavy atom. The Labute approximate surface area is 123 Å². The van der Waals surface area contributed by atoms with Crippen LogP contribution in [0.4, 0.5) is 0 Å². The van der Waals surface area contributed by atoms with Crippen molar-refractivity contribution < 1.29 is 9.53 Å². The lowest BCUT2D eigenvalue weighted by Crippen LogP contribution is -2.59. The molecule has 4 heteroatoms. The van der Waals surface area contributed by atoms with Gasteiger partial charge in [-0.25, -0.2) is 0 Å². The average molecular weight is 284 g/mol. The molecule has 1 saturated carbocycles. The van der Waals surface area contributed by atoms with Crippen LogP contribution in [0.2, 0.25) is 0 Å². The molecule has 3 atom stereocenters. The number of nitrogens with two attached hydrogens (primary N) is 1. The number of primary amides is 1. The van der Waals surface area contributed by atoms with E-state index in [4.69, 9.17) is 10.5 Å². The first-order chi connectivity index (χ1) is 9.04. The third kappa shape index (κ3) is 5.06. The largest absolute Gasteiger partial charge is 0.376 e. The van der Waals surface area contributed by atoms with Crippen LogP contribution in [0, 0.1) is 11.3 Å². The smallest absolute Gasteiger partial charge is 0.239 e. The first kappa shape index (κ1) is 17.4. The van der Waals surface area contributed by atoms with Gasteiger partial charge in [-0.15, -0.1) is 0 Å². The zero-order valence-electron chi connectivity index (χ0n) is 14.0. The fraction of sp³-hybridized carbons (Fsp3) is 0.938. The molecule has 1 rings (SSSR count). The standard InChI is InChI=1S/C16H32N2O2/c1-11(2)18-16(6,14(17)19)10-20-13-7-12(3)8-15(4,5)9-13/h11-13,18H,7-10H2,1-6H3,(H2,17,19). The van der Waals surface area contributed by atoms with Gasteiger partial charge in [0.15, 0.2) is 0 Å². The second-order valence-electron chi connectivity index (χ2n) is 7.84. The van der Waals surface area contributed by atoms with Crippen molar-refractivity contribution in [2.24, 2.45) is 17.1 Å². The Kier molecular flexibility index (Phi) is 5.61. The summed E-state index contributed by atoms with van der Waals surface area (Å²) in [5.74, 6) is 0.316. The Morgan fingerprint density at radius 3 is 2.50 bits per heavy atom. The van der Waals surface area contributed by atoms with Crippen molar-refractivity contribution in [3.8, 4) is 0 Å². The number of rotatable bonds is 6. The zero-order chi connectivity index (χ0) is 15.6. The summed E-state index contributed by atoms with van der Waals surface area (Å²) >= 11 is 0. The van der Waals surface area contributed by atoms with Gasteiger partial charge in [-0.2, -0.15) is 0 Å². The molecule has 0 heterocycles. The second kappa shape index (κ2) is 6.44. The molecule has 1 fully saturated rings. The number of hydrogen-bond donors (Lipinski definition) is 2. The van der Waals surface area contributed by atoms with Gasteiger partial charge in [-0.1, -0.05) is 20.8 Å². The Hall–Kier alpha value is -0.610. The minimum Gasteiger partial charge on any atom is -0.376 e. The second-order valence-corrected chi connectivity index (χ2v) is 7.84. The van der Waals surface area contributed by atoms with Crippen molar-refractivity contribution in [3.63, 3.8) is 0 Å². The first-order valence-electron chi connectivity index (χ1n) is 7.73. The molecule has 1 aliphatic rings.